The van der Waals surface area contributed by atoms with Gasteiger partial charge in [0.05, 0.1) is 6.04 Å². The molecule has 100 valence electrons. The molecule has 0 unspecified atom stereocenters. The molecule has 0 heterocycles. The van der Waals surface area contributed by atoms with E-state index in [4.69, 9.17) is 17.3 Å². The van der Waals surface area contributed by atoms with Crippen LogP contribution in [-0.2, 0) is 11.2 Å². The van der Waals surface area contributed by atoms with Crippen LogP contribution in [-0.4, -0.2) is 18.5 Å². The predicted molar refractivity (Wildman–Crippen MR) is 78.7 cm³/mol. The summed E-state index contributed by atoms with van der Waals surface area (Å²) in [4.78, 5) is 11.7. The van der Waals surface area contributed by atoms with Crippen LogP contribution in [0.4, 0.5) is 0 Å². The Balaban J connectivity index is 2.47. The number of carbonyl (C=O) groups is 1. The predicted octanol–water partition coefficient (Wildman–Crippen LogP) is 2.74. The molecule has 0 saturated heterocycles. The normalized spacial score (nSPS) is 12.6. The largest absolute Gasteiger partial charge is 0.354 e. The summed E-state index contributed by atoms with van der Waals surface area (Å²) >= 11 is 9.38. The highest BCUT2D eigenvalue weighted by atomic mass is 79.9. The number of hydrogen-bond donors (Lipinski definition) is 2. The number of nitrogens with two attached hydrogens (primary N) is 1. The second-order valence-corrected chi connectivity index (χ2v) is 5.84. The number of benzene rings is 1. The second kappa shape index (κ2) is 7.12. The zero-order valence-electron chi connectivity index (χ0n) is 10.5. The zero-order chi connectivity index (χ0) is 13.7. The summed E-state index contributed by atoms with van der Waals surface area (Å²) in [5.41, 5.74) is 6.82. The topological polar surface area (TPSA) is 55.1 Å². The molecule has 1 aromatic rings. The average Bonchev–Trinajstić information content (AvgIpc) is 2.32. The van der Waals surface area contributed by atoms with E-state index in [1.165, 1.54) is 0 Å². The van der Waals surface area contributed by atoms with Gasteiger partial charge in [0.15, 0.2) is 0 Å². The van der Waals surface area contributed by atoms with Crippen molar-refractivity contribution < 1.29 is 4.79 Å². The smallest absolute Gasteiger partial charge is 0.237 e. The van der Waals surface area contributed by atoms with E-state index in [0.29, 0.717) is 11.6 Å². The Morgan fingerprint density at radius 1 is 1.50 bits per heavy atom. The summed E-state index contributed by atoms with van der Waals surface area (Å²) in [6.45, 7) is 4.41. The number of nitrogens with one attached hydrogen (secondary N) is 1. The molecule has 3 N–H and O–H groups in total. The molecule has 5 heteroatoms. The van der Waals surface area contributed by atoms with Crippen LogP contribution in [0.2, 0.25) is 5.02 Å². The van der Waals surface area contributed by atoms with Gasteiger partial charge in [0.1, 0.15) is 0 Å². The Kier molecular flexibility index (Phi) is 6.12. The first-order valence-electron chi connectivity index (χ1n) is 5.89. The fraction of sp³-hybridized carbons (Fsp3) is 0.462. The fourth-order valence-electron chi connectivity index (χ4n) is 1.48. The average molecular weight is 334 g/mol. The minimum Gasteiger partial charge on any atom is -0.354 e. The van der Waals surface area contributed by atoms with E-state index in [9.17, 15) is 4.79 Å². The Morgan fingerprint density at radius 3 is 2.78 bits per heavy atom. The molecule has 18 heavy (non-hydrogen) atoms. The third kappa shape index (κ3) is 4.59. The lowest BCUT2D eigenvalue weighted by atomic mass is 10.0. The van der Waals surface area contributed by atoms with E-state index in [0.717, 1.165) is 16.5 Å². The molecule has 1 amide bonds. The number of rotatable bonds is 5. The minimum absolute atomic E-state index is 0.108. The maximum absolute atomic E-state index is 11.7. The van der Waals surface area contributed by atoms with Crippen molar-refractivity contribution in [2.45, 2.75) is 26.3 Å². The minimum atomic E-state index is -0.451. The van der Waals surface area contributed by atoms with Crippen molar-refractivity contribution in [3.63, 3.8) is 0 Å². The summed E-state index contributed by atoms with van der Waals surface area (Å²) < 4.78 is 0.995. The SMILES string of the molecule is CC(C)[C@H](N)C(=O)NCCc1cc(Cl)ccc1Br. The van der Waals surface area contributed by atoms with Crippen LogP contribution in [0.5, 0.6) is 0 Å². The monoisotopic (exact) mass is 332 g/mol. The Labute approximate surface area is 121 Å². The van der Waals surface area contributed by atoms with Gasteiger partial charge in [0.25, 0.3) is 0 Å². The molecule has 0 spiro atoms. The molecule has 1 aromatic carbocycles. The van der Waals surface area contributed by atoms with Crippen molar-refractivity contribution in [2.24, 2.45) is 11.7 Å². The van der Waals surface area contributed by atoms with Gasteiger partial charge in [-0.2, -0.15) is 0 Å². The van der Waals surface area contributed by atoms with Crippen LogP contribution in [0.25, 0.3) is 0 Å². The third-order valence-corrected chi connectivity index (χ3v) is 3.73. The first kappa shape index (κ1) is 15.5. The molecule has 0 radical (unpaired) electrons. The number of halogens is 2. The standard InChI is InChI=1S/C13H18BrClN2O/c1-8(2)12(16)13(18)17-6-5-9-7-10(15)3-4-11(9)14/h3-4,7-8,12H,5-6,16H2,1-2H3,(H,17,18)/t12-/m0/s1. The number of hydrogen-bond acceptors (Lipinski definition) is 2. The van der Waals surface area contributed by atoms with E-state index in [1.807, 2.05) is 32.0 Å². The highest BCUT2D eigenvalue weighted by Crippen LogP contribution is 2.21. The highest BCUT2D eigenvalue weighted by Gasteiger charge is 2.16. The van der Waals surface area contributed by atoms with Crippen molar-refractivity contribution in [1.29, 1.82) is 0 Å². The van der Waals surface area contributed by atoms with Gasteiger partial charge in [-0.3, -0.25) is 4.79 Å². The summed E-state index contributed by atoms with van der Waals surface area (Å²) in [7, 11) is 0. The van der Waals surface area contributed by atoms with E-state index >= 15 is 0 Å². The van der Waals surface area contributed by atoms with Crippen molar-refractivity contribution in [3.8, 4) is 0 Å². The molecule has 0 aliphatic rings. The first-order chi connectivity index (χ1) is 8.41. The summed E-state index contributed by atoms with van der Waals surface area (Å²) in [5, 5.41) is 3.52. The maximum atomic E-state index is 11.7. The van der Waals surface area contributed by atoms with E-state index in [2.05, 4.69) is 21.2 Å². The van der Waals surface area contributed by atoms with Crippen LogP contribution in [0, 0.1) is 5.92 Å². The van der Waals surface area contributed by atoms with Crippen LogP contribution in [0.3, 0.4) is 0 Å². The fourth-order valence-corrected chi connectivity index (χ4v) is 2.12. The molecular weight excluding hydrogens is 316 g/mol. The maximum Gasteiger partial charge on any atom is 0.237 e. The number of carbonyl (C=O) groups excluding carboxylic acids is 1. The molecule has 0 aromatic heterocycles. The number of amides is 1. The van der Waals surface area contributed by atoms with Gasteiger partial charge in [-0.25, -0.2) is 0 Å². The molecule has 0 bridgehead atoms. The van der Waals surface area contributed by atoms with E-state index < -0.39 is 6.04 Å². The third-order valence-electron chi connectivity index (χ3n) is 2.72. The summed E-state index contributed by atoms with van der Waals surface area (Å²) in [6, 6.07) is 5.16. The second-order valence-electron chi connectivity index (χ2n) is 4.55. The van der Waals surface area contributed by atoms with Crippen molar-refractivity contribution in [3.05, 3.63) is 33.3 Å². The van der Waals surface area contributed by atoms with Gasteiger partial charge >= 0.3 is 0 Å². The molecule has 1 rings (SSSR count). The molecule has 0 fully saturated rings. The van der Waals surface area contributed by atoms with Gasteiger partial charge < -0.3 is 11.1 Å². The highest BCUT2D eigenvalue weighted by molar-refractivity contribution is 9.10. The van der Waals surface area contributed by atoms with Gasteiger partial charge in [0.2, 0.25) is 5.91 Å². The molecule has 0 saturated carbocycles. The van der Waals surface area contributed by atoms with Crippen LogP contribution in [0.1, 0.15) is 19.4 Å². The van der Waals surface area contributed by atoms with E-state index in [-0.39, 0.29) is 11.8 Å². The van der Waals surface area contributed by atoms with Crippen LogP contribution in [0.15, 0.2) is 22.7 Å². The lowest BCUT2D eigenvalue weighted by Crippen LogP contribution is -2.44. The van der Waals surface area contributed by atoms with Gasteiger partial charge in [0, 0.05) is 16.0 Å². The lowest BCUT2D eigenvalue weighted by molar-refractivity contribution is -0.123. The first-order valence-corrected chi connectivity index (χ1v) is 7.06. The van der Waals surface area contributed by atoms with Crippen molar-refractivity contribution in [2.75, 3.05) is 6.54 Å². The quantitative estimate of drug-likeness (QED) is 0.870. The molecule has 0 aliphatic carbocycles. The molecular formula is C13H18BrClN2O. The Bertz CT molecular complexity index is 423. The van der Waals surface area contributed by atoms with Crippen molar-refractivity contribution in [1.82, 2.24) is 5.32 Å². The van der Waals surface area contributed by atoms with Crippen LogP contribution >= 0.6 is 27.5 Å². The summed E-state index contributed by atoms with van der Waals surface area (Å²) in [6.07, 6.45) is 0.720. The summed E-state index contributed by atoms with van der Waals surface area (Å²) in [5.74, 6) is 0.0334. The van der Waals surface area contributed by atoms with Gasteiger partial charge in [-0.15, -0.1) is 0 Å². The Hall–Kier alpha value is -0.580. The van der Waals surface area contributed by atoms with Crippen molar-refractivity contribution >= 4 is 33.4 Å². The van der Waals surface area contributed by atoms with Gasteiger partial charge in [-0.1, -0.05) is 41.4 Å². The zero-order valence-corrected chi connectivity index (χ0v) is 12.9. The van der Waals surface area contributed by atoms with Gasteiger partial charge in [-0.05, 0) is 36.1 Å². The van der Waals surface area contributed by atoms with Crippen LogP contribution < -0.4 is 11.1 Å². The molecule has 1 atom stereocenters. The lowest BCUT2D eigenvalue weighted by Gasteiger charge is -2.15. The van der Waals surface area contributed by atoms with E-state index in [1.54, 1.807) is 0 Å². The Morgan fingerprint density at radius 2 is 2.17 bits per heavy atom. The molecule has 3 nitrogen and oxygen atoms in total. The molecule has 0 aliphatic heterocycles.